The number of hydrogen-bond acceptors (Lipinski definition) is 6. The Hall–Kier alpha value is -4.29. The summed E-state index contributed by atoms with van der Waals surface area (Å²) >= 11 is 0. The number of nitrogens with zero attached hydrogens (tertiary/aromatic N) is 4. The number of guanidine groups is 1. The van der Waals surface area contributed by atoms with Gasteiger partial charge < -0.3 is 15.0 Å². The Kier molecular flexibility index (Phi) is 6.02. The molecule has 1 aromatic carbocycles. The number of benzene rings is 1. The van der Waals surface area contributed by atoms with Crippen LogP contribution >= 0.6 is 0 Å². The average Bonchev–Trinajstić information content (AvgIpc) is 3.33. The van der Waals surface area contributed by atoms with Crippen LogP contribution in [0.2, 0.25) is 0 Å². The van der Waals surface area contributed by atoms with Crippen LogP contribution in [0, 0.1) is 11.8 Å². The van der Waals surface area contributed by atoms with E-state index in [9.17, 15) is 31.5 Å². The predicted octanol–water partition coefficient (Wildman–Crippen LogP) is 3.21. The maximum atomic E-state index is 14.8. The minimum absolute atomic E-state index is 0.0278. The Morgan fingerprint density at radius 3 is 2.44 bits per heavy atom. The Balaban J connectivity index is 1.99. The number of amides is 1. The number of rotatable bonds is 5. The number of carbonyl (C=O) groups excluding carboxylic acids is 2. The molecule has 0 unspecified atom stereocenters. The maximum Gasteiger partial charge on any atom is 0.406 e. The second kappa shape index (κ2) is 8.73. The molecule has 188 valence electrons. The predicted molar refractivity (Wildman–Crippen MR) is 117 cm³/mol. The van der Waals surface area contributed by atoms with E-state index in [1.54, 1.807) is 0 Å². The largest absolute Gasteiger partial charge is 0.464 e. The van der Waals surface area contributed by atoms with E-state index in [1.807, 2.05) is 0 Å². The fourth-order valence-corrected chi connectivity index (χ4v) is 4.04. The monoisotopic (exact) mass is 507 g/mol. The highest BCUT2D eigenvalue weighted by molar-refractivity contribution is 6.09. The molecule has 2 N–H and O–H groups in total. The highest BCUT2D eigenvalue weighted by Gasteiger charge is 2.51. The van der Waals surface area contributed by atoms with Crippen molar-refractivity contribution in [3.05, 3.63) is 77.4 Å². The number of methoxy groups -OCH3 is 1. The van der Waals surface area contributed by atoms with Gasteiger partial charge in [0.2, 0.25) is 5.95 Å². The van der Waals surface area contributed by atoms with Crippen molar-refractivity contribution < 1.29 is 36.3 Å². The van der Waals surface area contributed by atoms with Crippen molar-refractivity contribution in [1.82, 2.24) is 14.5 Å². The number of halogens is 5. The van der Waals surface area contributed by atoms with Crippen LogP contribution in [-0.2, 0) is 21.6 Å². The minimum Gasteiger partial charge on any atom is -0.464 e. The van der Waals surface area contributed by atoms with Gasteiger partial charge in [-0.3, -0.25) is 9.69 Å². The first-order valence-electron chi connectivity index (χ1n) is 10.3. The van der Waals surface area contributed by atoms with Crippen LogP contribution in [0.4, 0.5) is 22.0 Å². The second-order valence-corrected chi connectivity index (χ2v) is 7.93. The van der Waals surface area contributed by atoms with Gasteiger partial charge in [0, 0.05) is 36.1 Å². The van der Waals surface area contributed by atoms with Gasteiger partial charge in [-0.05, 0) is 35.9 Å². The summed E-state index contributed by atoms with van der Waals surface area (Å²) in [5.74, 6) is -3.98. The number of aliphatic imine (C=N–C) groups is 1. The van der Waals surface area contributed by atoms with Crippen LogP contribution in [0.1, 0.15) is 21.6 Å². The number of esters is 1. The molecule has 36 heavy (non-hydrogen) atoms. The van der Waals surface area contributed by atoms with E-state index < -0.39 is 47.6 Å². The number of hydrogen-bond donors (Lipinski definition) is 1. The molecular formula is C23H18F5N5O3. The van der Waals surface area contributed by atoms with Gasteiger partial charge in [-0.25, -0.2) is 19.2 Å². The van der Waals surface area contributed by atoms with Crippen LogP contribution in [0.25, 0.3) is 11.1 Å². The van der Waals surface area contributed by atoms with Gasteiger partial charge in [0.1, 0.15) is 18.1 Å². The molecule has 1 aliphatic rings. The highest BCUT2D eigenvalue weighted by atomic mass is 19.4. The van der Waals surface area contributed by atoms with Gasteiger partial charge in [-0.2, -0.15) is 17.6 Å². The van der Waals surface area contributed by atoms with Crippen molar-refractivity contribution in [2.24, 2.45) is 10.7 Å². The highest BCUT2D eigenvalue weighted by Crippen LogP contribution is 2.42. The lowest BCUT2D eigenvalue weighted by Crippen LogP contribution is -2.41. The van der Waals surface area contributed by atoms with Gasteiger partial charge in [0.15, 0.2) is 11.5 Å². The standard InChI is InChI=1S/C23H18F5N5O3/c1-32-20(35)23(31-21(32)29,13-9-17(19(34)36-2)33(10-13)11-22(26,27)28)12-5-6-16(24)15(8-12)14-4-3-7-30-18(14)25/h3-10H,11H2,1-2H3,(H2,29,31)/t23-/m0/s1. The van der Waals surface area contributed by atoms with Gasteiger partial charge in [-0.1, -0.05) is 6.07 Å². The van der Waals surface area contributed by atoms with E-state index in [1.165, 1.54) is 31.4 Å². The molecule has 0 aliphatic carbocycles. The normalized spacial score (nSPS) is 17.9. The molecule has 1 atom stereocenters. The molecule has 0 fully saturated rings. The number of pyridine rings is 1. The molecule has 0 bridgehead atoms. The molecule has 0 saturated carbocycles. The molecule has 3 aromatic rings. The summed E-state index contributed by atoms with van der Waals surface area (Å²) in [4.78, 5) is 34.4. The Labute approximate surface area is 200 Å². The fraction of sp³-hybridized carbons (Fsp3) is 0.217. The zero-order chi connectivity index (χ0) is 26.4. The van der Waals surface area contributed by atoms with E-state index in [0.29, 0.717) is 4.57 Å². The van der Waals surface area contributed by atoms with E-state index in [2.05, 4.69) is 14.7 Å². The zero-order valence-corrected chi connectivity index (χ0v) is 18.8. The van der Waals surface area contributed by atoms with Crippen molar-refractivity contribution in [2.75, 3.05) is 14.2 Å². The summed E-state index contributed by atoms with van der Waals surface area (Å²) in [6.45, 7) is -1.56. The Morgan fingerprint density at radius 1 is 1.14 bits per heavy atom. The van der Waals surface area contributed by atoms with Crippen molar-refractivity contribution in [2.45, 2.75) is 18.3 Å². The van der Waals surface area contributed by atoms with Crippen LogP contribution in [0.15, 0.2) is 53.8 Å². The molecule has 1 amide bonds. The molecule has 3 heterocycles. The fourth-order valence-electron chi connectivity index (χ4n) is 4.04. The van der Waals surface area contributed by atoms with E-state index in [0.717, 1.165) is 36.4 Å². The summed E-state index contributed by atoms with van der Waals surface area (Å²) in [6, 6.07) is 6.96. The van der Waals surface area contributed by atoms with E-state index in [4.69, 9.17) is 5.73 Å². The molecule has 0 saturated heterocycles. The third-order valence-corrected chi connectivity index (χ3v) is 5.73. The van der Waals surface area contributed by atoms with Crippen LogP contribution in [0.3, 0.4) is 0 Å². The summed E-state index contributed by atoms with van der Waals surface area (Å²) in [5.41, 5.74) is 2.62. The number of nitrogens with two attached hydrogens (primary N) is 1. The summed E-state index contributed by atoms with van der Waals surface area (Å²) < 4.78 is 74.0. The molecule has 2 aromatic heterocycles. The Morgan fingerprint density at radius 2 is 1.86 bits per heavy atom. The zero-order valence-electron chi connectivity index (χ0n) is 18.8. The summed E-state index contributed by atoms with van der Waals surface area (Å²) in [6.07, 6.45) is -2.62. The quantitative estimate of drug-likeness (QED) is 0.325. The first-order valence-corrected chi connectivity index (χ1v) is 10.3. The number of likely N-dealkylation sites (N-methyl/N-ethyl adjacent to an activating group) is 1. The first kappa shape index (κ1) is 24.8. The lowest BCUT2D eigenvalue weighted by Gasteiger charge is -2.25. The van der Waals surface area contributed by atoms with Crippen molar-refractivity contribution >= 4 is 17.8 Å². The Bertz CT molecular complexity index is 1400. The van der Waals surface area contributed by atoms with Crippen molar-refractivity contribution in [3.63, 3.8) is 0 Å². The molecule has 4 rings (SSSR count). The van der Waals surface area contributed by atoms with Crippen molar-refractivity contribution in [3.8, 4) is 11.1 Å². The first-order chi connectivity index (χ1) is 16.9. The van der Waals surface area contributed by atoms with Crippen LogP contribution in [-0.4, -0.2) is 52.6 Å². The molecule has 8 nitrogen and oxygen atoms in total. The summed E-state index contributed by atoms with van der Waals surface area (Å²) in [5, 5.41) is 0. The average molecular weight is 507 g/mol. The lowest BCUT2D eigenvalue weighted by atomic mass is 9.82. The number of aromatic nitrogens is 2. The van der Waals surface area contributed by atoms with Gasteiger partial charge in [0.05, 0.1) is 7.11 Å². The molecule has 13 heteroatoms. The van der Waals surface area contributed by atoms with Crippen LogP contribution in [0.5, 0.6) is 0 Å². The molecule has 0 spiro atoms. The lowest BCUT2D eigenvalue weighted by molar-refractivity contribution is -0.140. The minimum atomic E-state index is -4.72. The van der Waals surface area contributed by atoms with Crippen LogP contribution < -0.4 is 5.73 Å². The third kappa shape index (κ3) is 4.06. The smallest absolute Gasteiger partial charge is 0.406 e. The topological polar surface area (TPSA) is 103 Å². The number of carbonyl (C=O) groups is 2. The third-order valence-electron chi connectivity index (χ3n) is 5.73. The molecule has 0 radical (unpaired) electrons. The molecule has 1 aliphatic heterocycles. The van der Waals surface area contributed by atoms with Gasteiger partial charge in [-0.15, -0.1) is 0 Å². The maximum absolute atomic E-state index is 14.8. The van der Waals surface area contributed by atoms with Gasteiger partial charge in [0.25, 0.3) is 5.91 Å². The second-order valence-electron chi connectivity index (χ2n) is 7.93. The van der Waals surface area contributed by atoms with Gasteiger partial charge >= 0.3 is 12.1 Å². The SMILES string of the molecule is COC(=O)c1cc([C@]2(c3ccc(F)c(-c4cccnc4F)c3)N=C(N)N(C)C2=O)cn1CC(F)(F)F. The molecular weight excluding hydrogens is 489 g/mol. The van der Waals surface area contributed by atoms with Crippen molar-refractivity contribution in [1.29, 1.82) is 0 Å². The number of ether oxygens (including phenoxy) is 1. The van der Waals surface area contributed by atoms with E-state index in [-0.39, 0.29) is 28.2 Å². The van der Waals surface area contributed by atoms with E-state index >= 15 is 0 Å². The number of alkyl halides is 3. The summed E-state index contributed by atoms with van der Waals surface area (Å²) in [7, 11) is 2.28.